The van der Waals surface area contributed by atoms with Crippen LogP contribution in [0.25, 0.3) is 0 Å². The predicted octanol–water partition coefficient (Wildman–Crippen LogP) is -0.474. The minimum Gasteiger partial charge on any atom is -0.198 e. The number of hydrogen-bond acceptors (Lipinski definition) is 4. The van der Waals surface area contributed by atoms with Crippen molar-refractivity contribution in [2.45, 2.75) is 25.9 Å². The lowest BCUT2D eigenvalue weighted by Crippen LogP contribution is -2.58. The number of aromatic nitrogens is 6. The minimum atomic E-state index is -1.80. The van der Waals surface area contributed by atoms with Crippen LogP contribution in [0.2, 0.25) is 12.1 Å². The van der Waals surface area contributed by atoms with E-state index in [-0.39, 0.29) is 0 Å². The van der Waals surface area contributed by atoms with Crippen molar-refractivity contribution in [3.8, 4) is 0 Å². The minimum absolute atomic E-state index is 1.06. The largest absolute Gasteiger partial charge is 0.198 e. The summed E-state index contributed by atoms with van der Waals surface area (Å²) in [6, 6.07) is 2.12. The lowest BCUT2D eigenvalue weighted by Gasteiger charge is -2.23. The Morgan fingerprint density at radius 1 is 1.00 bits per heavy atom. The van der Waals surface area contributed by atoms with E-state index in [0.717, 1.165) is 22.7 Å². The zero-order valence-corrected chi connectivity index (χ0v) is 9.86. The van der Waals surface area contributed by atoms with Crippen LogP contribution in [0.3, 0.4) is 0 Å². The molecule has 7 heteroatoms. The van der Waals surface area contributed by atoms with E-state index >= 15 is 0 Å². The molecule has 0 radical (unpaired) electrons. The molecular formula is C8H14N6Si. The smallest absolute Gasteiger partial charge is 0.173 e. The number of H-pyrrole nitrogens is 2. The number of nitrogens with one attached hydrogen (secondary N) is 2. The van der Waals surface area contributed by atoms with Gasteiger partial charge in [-0.15, -0.1) is 0 Å². The topological polar surface area (TPSA) is 83.1 Å². The average molecular weight is 222 g/mol. The van der Waals surface area contributed by atoms with Crippen molar-refractivity contribution in [2.24, 2.45) is 0 Å². The average Bonchev–Trinajstić information content (AvgIpc) is 2.92. The summed E-state index contributed by atoms with van der Waals surface area (Å²) in [6.07, 6.45) is 3.63. The Hall–Kier alpha value is -1.50. The van der Waals surface area contributed by atoms with Crippen molar-refractivity contribution >= 4 is 18.7 Å². The molecule has 2 heterocycles. The van der Waals surface area contributed by atoms with Gasteiger partial charge in [0.05, 0.1) is 23.0 Å². The Labute approximate surface area is 88.5 Å². The molecule has 0 bridgehead atoms. The van der Waals surface area contributed by atoms with Crippen LogP contribution < -0.4 is 10.6 Å². The summed E-state index contributed by atoms with van der Waals surface area (Å²) in [5.41, 5.74) is 0. The van der Waals surface area contributed by atoms with E-state index in [0.29, 0.717) is 0 Å². The molecule has 0 spiro atoms. The quantitative estimate of drug-likeness (QED) is 0.685. The second kappa shape index (κ2) is 3.93. The molecule has 80 valence electrons. The van der Waals surface area contributed by atoms with Gasteiger partial charge in [-0.25, -0.2) is 0 Å². The molecule has 0 unspecified atom stereocenters. The van der Waals surface area contributed by atoms with E-state index in [1.165, 1.54) is 0 Å². The first-order valence-electron chi connectivity index (χ1n) is 5.06. The summed E-state index contributed by atoms with van der Waals surface area (Å²) in [4.78, 5) is 0. The lowest BCUT2D eigenvalue weighted by molar-refractivity contribution is 0.941. The third kappa shape index (κ3) is 1.48. The summed E-state index contributed by atoms with van der Waals surface area (Å²) in [6.45, 7) is 4.36. The first-order chi connectivity index (χ1) is 7.33. The van der Waals surface area contributed by atoms with E-state index in [1.54, 1.807) is 0 Å². The summed E-state index contributed by atoms with van der Waals surface area (Å²) in [5, 5.41) is 23.7. The SMILES string of the molecule is CC[Si](CC)(c1cn[nH]n1)c1cn[nH]n1. The van der Waals surface area contributed by atoms with Crippen molar-refractivity contribution in [3.63, 3.8) is 0 Å². The molecule has 0 fully saturated rings. The number of nitrogens with zero attached hydrogens (tertiary/aromatic N) is 4. The molecule has 0 saturated carbocycles. The van der Waals surface area contributed by atoms with Crippen molar-refractivity contribution in [2.75, 3.05) is 0 Å². The van der Waals surface area contributed by atoms with Crippen LogP contribution in [-0.4, -0.2) is 38.9 Å². The fourth-order valence-electron chi connectivity index (χ4n) is 1.97. The monoisotopic (exact) mass is 222 g/mol. The van der Waals surface area contributed by atoms with Gasteiger partial charge in [-0.05, 0) is 12.1 Å². The Morgan fingerprint density at radius 3 is 1.73 bits per heavy atom. The van der Waals surface area contributed by atoms with Crippen LogP contribution in [0.1, 0.15) is 13.8 Å². The van der Waals surface area contributed by atoms with E-state index in [2.05, 4.69) is 44.7 Å². The molecule has 0 aliphatic heterocycles. The highest BCUT2D eigenvalue weighted by atomic mass is 28.3. The molecule has 0 aliphatic rings. The molecule has 0 aromatic carbocycles. The van der Waals surface area contributed by atoms with E-state index < -0.39 is 8.07 Å². The summed E-state index contributed by atoms with van der Waals surface area (Å²) >= 11 is 0. The van der Waals surface area contributed by atoms with Gasteiger partial charge in [-0.3, -0.25) is 0 Å². The molecule has 6 nitrogen and oxygen atoms in total. The summed E-state index contributed by atoms with van der Waals surface area (Å²) < 4.78 is 0. The Morgan fingerprint density at radius 2 is 1.47 bits per heavy atom. The summed E-state index contributed by atoms with van der Waals surface area (Å²) in [5.74, 6) is 0. The Kier molecular flexibility index (Phi) is 2.63. The molecule has 0 amide bonds. The zero-order valence-electron chi connectivity index (χ0n) is 8.86. The van der Waals surface area contributed by atoms with Gasteiger partial charge >= 0.3 is 0 Å². The van der Waals surface area contributed by atoms with Crippen LogP contribution in [0, 0.1) is 0 Å². The maximum Gasteiger partial charge on any atom is 0.173 e. The molecule has 2 rings (SSSR count). The molecule has 0 aliphatic carbocycles. The number of rotatable bonds is 4. The van der Waals surface area contributed by atoms with E-state index in [1.807, 2.05) is 12.4 Å². The van der Waals surface area contributed by atoms with Crippen LogP contribution in [0.15, 0.2) is 12.4 Å². The van der Waals surface area contributed by atoms with Crippen molar-refractivity contribution in [1.82, 2.24) is 30.8 Å². The molecule has 2 aromatic heterocycles. The standard InChI is InChI=1S/C8H14N6Si/c1-3-15(4-2,7-5-9-13-11-7)8-6-10-14-12-8/h5-6H,3-4H2,1-2H3,(H,9,11,13)(H,10,12,14). The van der Waals surface area contributed by atoms with Gasteiger partial charge in [-0.1, -0.05) is 13.8 Å². The van der Waals surface area contributed by atoms with Crippen molar-refractivity contribution in [1.29, 1.82) is 0 Å². The summed E-state index contributed by atoms with van der Waals surface area (Å²) in [7, 11) is -1.80. The van der Waals surface area contributed by atoms with Crippen molar-refractivity contribution in [3.05, 3.63) is 12.4 Å². The molecule has 15 heavy (non-hydrogen) atoms. The normalized spacial score (nSPS) is 11.9. The highest BCUT2D eigenvalue weighted by Crippen LogP contribution is 2.12. The van der Waals surface area contributed by atoms with Gasteiger partial charge in [0.1, 0.15) is 0 Å². The Bertz CT molecular complexity index is 354. The fraction of sp³-hybridized carbons (Fsp3) is 0.500. The lowest BCUT2D eigenvalue weighted by atomic mass is 10.9. The fourth-order valence-corrected chi connectivity index (χ4v) is 5.33. The molecule has 0 atom stereocenters. The Balaban J connectivity index is 2.50. The highest BCUT2D eigenvalue weighted by Gasteiger charge is 2.38. The molecular weight excluding hydrogens is 208 g/mol. The first-order valence-corrected chi connectivity index (χ1v) is 7.47. The van der Waals surface area contributed by atoms with Gasteiger partial charge in [-0.2, -0.15) is 30.8 Å². The van der Waals surface area contributed by atoms with Crippen LogP contribution >= 0.6 is 0 Å². The third-order valence-corrected chi connectivity index (χ3v) is 7.88. The van der Waals surface area contributed by atoms with E-state index in [9.17, 15) is 0 Å². The number of aromatic amines is 2. The van der Waals surface area contributed by atoms with Gasteiger partial charge in [0, 0.05) is 0 Å². The van der Waals surface area contributed by atoms with Gasteiger partial charge in [0.25, 0.3) is 0 Å². The van der Waals surface area contributed by atoms with Crippen molar-refractivity contribution < 1.29 is 0 Å². The number of hydrogen-bond donors (Lipinski definition) is 2. The van der Waals surface area contributed by atoms with Crippen LogP contribution in [0.5, 0.6) is 0 Å². The van der Waals surface area contributed by atoms with Gasteiger partial charge in [0.15, 0.2) is 8.07 Å². The highest BCUT2D eigenvalue weighted by molar-refractivity contribution is 7.01. The predicted molar refractivity (Wildman–Crippen MR) is 58.7 cm³/mol. The molecule has 2 N–H and O–H groups in total. The van der Waals surface area contributed by atoms with Gasteiger partial charge < -0.3 is 0 Å². The maximum absolute atomic E-state index is 4.23. The van der Waals surface area contributed by atoms with Crippen LogP contribution in [-0.2, 0) is 0 Å². The van der Waals surface area contributed by atoms with Crippen LogP contribution in [0.4, 0.5) is 0 Å². The first kappa shape index (κ1) is 10.0. The second-order valence-electron chi connectivity index (χ2n) is 3.50. The van der Waals surface area contributed by atoms with Gasteiger partial charge in [0.2, 0.25) is 0 Å². The second-order valence-corrected chi connectivity index (χ2v) is 8.10. The van der Waals surface area contributed by atoms with E-state index in [4.69, 9.17) is 0 Å². The third-order valence-electron chi connectivity index (χ3n) is 3.02. The molecule has 2 aromatic rings. The zero-order chi connectivity index (χ0) is 10.7. The maximum atomic E-state index is 4.23. The molecule has 0 saturated heterocycles.